The molecule has 1 aliphatic carbocycles. The lowest BCUT2D eigenvalue weighted by Crippen LogP contribution is -2.04. The van der Waals surface area contributed by atoms with Gasteiger partial charge in [-0.05, 0) is 17.1 Å². The van der Waals surface area contributed by atoms with Gasteiger partial charge in [0.25, 0.3) is 0 Å². The second kappa shape index (κ2) is 3.66. The third kappa shape index (κ3) is 1.92. The highest BCUT2D eigenvalue weighted by Gasteiger charge is 2.11. The van der Waals surface area contributed by atoms with Crippen LogP contribution < -0.4 is 5.32 Å². The van der Waals surface area contributed by atoms with Crippen LogP contribution in [0.5, 0.6) is 0 Å². The molecule has 0 radical (unpaired) electrons. The molecule has 0 atom stereocenters. The summed E-state index contributed by atoms with van der Waals surface area (Å²) in [6.07, 6.45) is 9.71. The number of allylic oxidation sites excluding steroid dienone is 4. The number of thioether (sulfide) groups is 1. The molecule has 0 aromatic carbocycles. The van der Waals surface area contributed by atoms with Gasteiger partial charge in [-0.1, -0.05) is 23.9 Å². The molecule has 0 aromatic heterocycles. The molecule has 0 amide bonds. The second-order valence-electron chi connectivity index (χ2n) is 2.79. The van der Waals surface area contributed by atoms with E-state index in [0.29, 0.717) is 6.42 Å². The van der Waals surface area contributed by atoms with Crippen LogP contribution in [-0.2, 0) is 4.79 Å². The summed E-state index contributed by atoms with van der Waals surface area (Å²) in [5.41, 5.74) is 1.09. The fraction of sp³-hybridized carbons (Fsp3) is 0.100. The van der Waals surface area contributed by atoms with Gasteiger partial charge in [0.05, 0.1) is 0 Å². The van der Waals surface area contributed by atoms with Gasteiger partial charge < -0.3 is 5.32 Å². The highest BCUT2D eigenvalue weighted by Crippen LogP contribution is 2.29. The first-order valence-corrected chi connectivity index (χ1v) is 4.92. The number of rotatable bonds is 1. The molecule has 0 unspecified atom stereocenters. The lowest BCUT2D eigenvalue weighted by atomic mass is 10.0. The Balaban J connectivity index is 2.17. The molecule has 1 aliphatic heterocycles. The van der Waals surface area contributed by atoms with Crippen LogP contribution in [0.15, 0.2) is 46.5 Å². The van der Waals surface area contributed by atoms with Crippen molar-refractivity contribution in [2.45, 2.75) is 6.42 Å². The molecule has 0 fully saturated rings. The normalized spacial score (nSPS) is 20.8. The van der Waals surface area contributed by atoms with E-state index in [-0.39, 0.29) is 5.78 Å². The van der Waals surface area contributed by atoms with Gasteiger partial charge in [-0.25, -0.2) is 0 Å². The molecule has 0 spiro atoms. The van der Waals surface area contributed by atoms with E-state index in [1.165, 1.54) is 0 Å². The minimum Gasteiger partial charge on any atom is -0.366 e. The molecule has 1 heterocycles. The van der Waals surface area contributed by atoms with Gasteiger partial charge in [-0.2, -0.15) is 0 Å². The standard InChI is InChI=1S/C10H9NOS/c12-9-3-1-2-8(6-9)10-7-11-4-5-13-10/h1-5,7,11H,6H2. The van der Waals surface area contributed by atoms with E-state index >= 15 is 0 Å². The van der Waals surface area contributed by atoms with Crippen LogP contribution in [0.2, 0.25) is 0 Å². The Morgan fingerprint density at radius 1 is 1.46 bits per heavy atom. The number of carbonyl (C=O) groups excluding carboxylic acids is 1. The largest absolute Gasteiger partial charge is 0.366 e. The first-order valence-electron chi connectivity index (χ1n) is 4.04. The van der Waals surface area contributed by atoms with Crippen molar-refractivity contribution in [2.75, 3.05) is 0 Å². The van der Waals surface area contributed by atoms with E-state index in [4.69, 9.17) is 0 Å². The topological polar surface area (TPSA) is 29.1 Å². The molecule has 2 aliphatic rings. The van der Waals surface area contributed by atoms with Crippen LogP contribution in [0.4, 0.5) is 0 Å². The summed E-state index contributed by atoms with van der Waals surface area (Å²) in [5.74, 6) is 0.175. The molecular formula is C10H9NOS. The monoisotopic (exact) mass is 191 g/mol. The van der Waals surface area contributed by atoms with Crippen molar-refractivity contribution in [3.05, 3.63) is 46.5 Å². The molecule has 2 nitrogen and oxygen atoms in total. The van der Waals surface area contributed by atoms with Gasteiger partial charge in [0.2, 0.25) is 0 Å². The second-order valence-corrected chi connectivity index (χ2v) is 3.74. The van der Waals surface area contributed by atoms with Gasteiger partial charge in [-0.15, -0.1) is 0 Å². The summed E-state index contributed by atoms with van der Waals surface area (Å²) in [6.45, 7) is 0. The first-order chi connectivity index (χ1) is 6.36. The number of hydrogen-bond donors (Lipinski definition) is 1. The van der Waals surface area contributed by atoms with Gasteiger partial charge in [0.15, 0.2) is 5.78 Å². The van der Waals surface area contributed by atoms with Crippen LogP contribution in [0.3, 0.4) is 0 Å². The Morgan fingerprint density at radius 2 is 2.38 bits per heavy atom. The minimum absolute atomic E-state index is 0.175. The van der Waals surface area contributed by atoms with Crippen molar-refractivity contribution >= 4 is 17.5 Å². The predicted molar refractivity (Wildman–Crippen MR) is 54.8 cm³/mol. The number of nitrogens with one attached hydrogen (secondary N) is 1. The van der Waals surface area contributed by atoms with Crippen LogP contribution in [-0.4, -0.2) is 5.78 Å². The molecule has 0 saturated heterocycles. The lowest BCUT2D eigenvalue weighted by molar-refractivity contribution is -0.114. The van der Waals surface area contributed by atoms with Crippen LogP contribution in [0.25, 0.3) is 0 Å². The zero-order chi connectivity index (χ0) is 9.10. The number of carbonyl (C=O) groups is 1. The average Bonchev–Trinajstić information content (AvgIpc) is 2.19. The van der Waals surface area contributed by atoms with Gasteiger partial charge >= 0.3 is 0 Å². The molecule has 0 aromatic rings. The minimum atomic E-state index is 0.175. The van der Waals surface area contributed by atoms with E-state index < -0.39 is 0 Å². The van der Waals surface area contributed by atoms with Gasteiger partial charge in [-0.3, -0.25) is 4.79 Å². The van der Waals surface area contributed by atoms with Crippen LogP contribution in [0, 0.1) is 0 Å². The molecule has 66 valence electrons. The number of hydrogen-bond acceptors (Lipinski definition) is 3. The van der Waals surface area contributed by atoms with E-state index in [1.54, 1.807) is 23.9 Å². The number of ketones is 1. The van der Waals surface area contributed by atoms with Crippen molar-refractivity contribution in [2.24, 2.45) is 0 Å². The highest BCUT2D eigenvalue weighted by molar-refractivity contribution is 8.06. The smallest absolute Gasteiger partial charge is 0.160 e. The first kappa shape index (κ1) is 8.38. The Morgan fingerprint density at radius 3 is 3.08 bits per heavy atom. The summed E-state index contributed by atoms with van der Waals surface area (Å²) in [6, 6.07) is 0. The highest BCUT2D eigenvalue weighted by atomic mass is 32.2. The molecular weight excluding hydrogens is 182 g/mol. The van der Waals surface area contributed by atoms with Crippen molar-refractivity contribution in [3.63, 3.8) is 0 Å². The molecule has 1 N–H and O–H groups in total. The maximum atomic E-state index is 11.1. The van der Waals surface area contributed by atoms with Gasteiger partial charge in [0.1, 0.15) is 0 Å². The van der Waals surface area contributed by atoms with Gasteiger partial charge in [0, 0.05) is 23.7 Å². The van der Waals surface area contributed by atoms with Crippen molar-refractivity contribution < 1.29 is 4.79 Å². The average molecular weight is 191 g/mol. The van der Waals surface area contributed by atoms with E-state index in [0.717, 1.165) is 10.5 Å². The SMILES string of the molecule is O=C1C=CC=C(C2=CNC=CS2)C1. The molecule has 0 saturated carbocycles. The fourth-order valence-electron chi connectivity index (χ4n) is 1.22. The maximum absolute atomic E-state index is 11.1. The maximum Gasteiger partial charge on any atom is 0.160 e. The molecule has 3 heteroatoms. The van der Waals surface area contributed by atoms with E-state index in [9.17, 15) is 4.79 Å². The Hall–Kier alpha value is -1.22. The van der Waals surface area contributed by atoms with Crippen molar-refractivity contribution in [1.29, 1.82) is 0 Å². The molecule has 0 bridgehead atoms. The summed E-state index contributed by atoms with van der Waals surface area (Å²) < 4.78 is 0. The van der Waals surface area contributed by atoms with Crippen molar-refractivity contribution in [3.8, 4) is 0 Å². The Bertz CT molecular complexity index is 350. The third-order valence-corrected chi connectivity index (χ3v) is 2.74. The summed E-state index contributed by atoms with van der Waals surface area (Å²) >= 11 is 1.64. The summed E-state index contributed by atoms with van der Waals surface area (Å²) in [7, 11) is 0. The summed E-state index contributed by atoms with van der Waals surface area (Å²) in [5, 5.41) is 4.98. The molecule has 2 rings (SSSR count). The van der Waals surface area contributed by atoms with Crippen LogP contribution >= 0.6 is 11.8 Å². The third-order valence-electron chi connectivity index (χ3n) is 1.83. The fourth-order valence-corrected chi connectivity index (χ4v) is 1.94. The zero-order valence-electron chi connectivity index (χ0n) is 6.99. The molecule has 13 heavy (non-hydrogen) atoms. The summed E-state index contributed by atoms with van der Waals surface area (Å²) in [4.78, 5) is 12.2. The Kier molecular flexibility index (Phi) is 2.36. The van der Waals surface area contributed by atoms with Crippen molar-refractivity contribution in [1.82, 2.24) is 5.32 Å². The van der Waals surface area contributed by atoms with E-state index in [2.05, 4.69) is 5.32 Å². The van der Waals surface area contributed by atoms with E-state index in [1.807, 2.05) is 23.9 Å². The zero-order valence-corrected chi connectivity index (χ0v) is 7.80. The predicted octanol–water partition coefficient (Wildman–Crippen LogP) is 2.09. The Labute approximate surface area is 81.1 Å². The van der Waals surface area contributed by atoms with Crippen LogP contribution in [0.1, 0.15) is 6.42 Å². The quantitative estimate of drug-likeness (QED) is 0.688. The lowest BCUT2D eigenvalue weighted by Gasteiger charge is -2.13.